The Labute approximate surface area is 207 Å². The van der Waals surface area contributed by atoms with Crippen molar-refractivity contribution in [2.24, 2.45) is 58.2 Å². The van der Waals surface area contributed by atoms with Crippen molar-refractivity contribution in [3.63, 3.8) is 0 Å². The van der Waals surface area contributed by atoms with Crippen LogP contribution in [0.15, 0.2) is 0 Å². The first-order chi connectivity index (χ1) is 16.5. The third-order valence-electron chi connectivity index (χ3n) is 12.1. The zero-order valence-corrected chi connectivity index (χ0v) is 21.1. The molecule has 0 N–H and O–H groups in total. The fourth-order valence-electron chi connectivity index (χ4n) is 10.6. The summed E-state index contributed by atoms with van der Waals surface area (Å²) in [7, 11) is 1.58. The Kier molecular flexibility index (Phi) is 4.11. The first-order valence-electron chi connectivity index (χ1n) is 13.6. The summed E-state index contributed by atoms with van der Waals surface area (Å²) in [6, 6.07) is 0. The molecule has 2 aliphatic heterocycles. The van der Waals surface area contributed by atoms with Crippen LogP contribution in [0.5, 0.6) is 0 Å². The molecule has 0 aromatic rings. The maximum Gasteiger partial charge on any atom is 0.256 e. The van der Waals surface area contributed by atoms with E-state index in [2.05, 4.69) is 0 Å². The Bertz CT molecular complexity index is 1120. The van der Waals surface area contributed by atoms with Crippen molar-refractivity contribution < 1.29 is 24.0 Å². The van der Waals surface area contributed by atoms with Gasteiger partial charge in [0, 0.05) is 16.4 Å². The Morgan fingerprint density at radius 1 is 0.800 bits per heavy atom. The van der Waals surface area contributed by atoms with Crippen LogP contribution in [0.3, 0.4) is 0 Å². The van der Waals surface area contributed by atoms with E-state index in [0.29, 0.717) is 19.3 Å². The smallest absolute Gasteiger partial charge is 0.256 e. The second kappa shape index (κ2) is 6.47. The molecule has 2 heterocycles. The van der Waals surface area contributed by atoms with Gasteiger partial charge < -0.3 is 4.81 Å². The molecular weight excluding hydrogens is 443 g/mol. The minimum Gasteiger partial charge on any atom is -0.334 e. The van der Waals surface area contributed by atoms with Gasteiger partial charge in [0.1, 0.15) is 5.78 Å². The van der Waals surface area contributed by atoms with Gasteiger partial charge in [-0.2, -0.15) is 0 Å². The number of likely N-dealkylation sites (tertiary alicyclic amines) is 1. The molecule has 7 rings (SSSR count). The summed E-state index contributed by atoms with van der Waals surface area (Å²) in [4.78, 5) is 70.5. The Balaban J connectivity index is 1.22. The van der Waals surface area contributed by atoms with Crippen LogP contribution >= 0.6 is 0 Å². The number of ketones is 1. The molecule has 2 spiro atoms. The van der Waals surface area contributed by atoms with Crippen LogP contribution in [-0.4, -0.2) is 52.1 Å². The molecule has 5 unspecified atom stereocenters. The molecule has 35 heavy (non-hydrogen) atoms. The highest BCUT2D eigenvalue weighted by Gasteiger charge is 2.78. The lowest BCUT2D eigenvalue weighted by Crippen LogP contribution is -2.49. The van der Waals surface area contributed by atoms with Gasteiger partial charge in [0.15, 0.2) is 0 Å². The molecule has 10 atom stereocenters. The van der Waals surface area contributed by atoms with Crippen molar-refractivity contribution in [1.82, 2.24) is 9.71 Å². The van der Waals surface area contributed by atoms with Gasteiger partial charge in [-0.25, -0.2) is 0 Å². The molecule has 7 aliphatic rings. The lowest BCUT2D eigenvalue weighted by atomic mass is 9.58. The van der Waals surface area contributed by atoms with Crippen LogP contribution in [-0.2, 0) is 24.0 Å². The third kappa shape index (κ3) is 2.22. The third-order valence-corrected chi connectivity index (χ3v) is 12.1. The number of carbonyl (C=O) groups is 5. The van der Waals surface area contributed by atoms with E-state index in [9.17, 15) is 24.0 Å². The molecule has 7 fully saturated rings. The summed E-state index contributed by atoms with van der Waals surface area (Å²) >= 11 is 0. The molecule has 1 radical (unpaired) electrons. The van der Waals surface area contributed by atoms with E-state index in [-0.39, 0.29) is 76.8 Å². The van der Waals surface area contributed by atoms with Crippen molar-refractivity contribution in [3.8, 4) is 0 Å². The van der Waals surface area contributed by atoms with Crippen LogP contribution in [0.4, 0.5) is 0 Å². The second-order valence-electron chi connectivity index (χ2n) is 13.3. The van der Waals surface area contributed by atoms with Crippen molar-refractivity contribution in [2.45, 2.75) is 78.1 Å². The maximum atomic E-state index is 14.5. The topological polar surface area (TPSA) is 91.8 Å². The number of hydrogen-bond acceptors (Lipinski definition) is 5. The molecule has 0 aromatic heterocycles. The first kappa shape index (κ1) is 22.2. The Hall–Kier alpha value is -1.99. The molecule has 5 saturated carbocycles. The highest BCUT2D eigenvalue weighted by atomic mass is 16.2. The van der Waals surface area contributed by atoms with E-state index in [1.165, 1.54) is 9.71 Å². The predicted octanol–water partition coefficient (Wildman–Crippen LogP) is 2.46. The van der Waals surface area contributed by atoms with Crippen molar-refractivity contribution in [3.05, 3.63) is 0 Å². The summed E-state index contributed by atoms with van der Waals surface area (Å²) in [5, 5.41) is 0. The van der Waals surface area contributed by atoms with Crippen molar-refractivity contribution in [2.75, 3.05) is 0 Å². The number of hydrogen-bond donors (Lipinski definition) is 0. The fraction of sp³-hybridized carbons (Fsp3) is 0.815. The average molecular weight is 477 g/mol. The molecule has 185 valence electrons. The zero-order chi connectivity index (χ0) is 24.8. The van der Waals surface area contributed by atoms with E-state index in [1.54, 1.807) is 14.2 Å². The minimum absolute atomic E-state index is 0.0249. The van der Waals surface area contributed by atoms with E-state index in [4.69, 9.17) is 0 Å². The molecule has 7 nitrogen and oxygen atoms in total. The van der Waals surface area contributed by atoms with Gasteiger partial charge in [-0.1, -0.05) is 13.7 Å². The van der Waals surface area contributed by atoms with Gasteiger partial charge in [-0.15, -0.1) is 0 Å². The van der Waals surface area contributed by atoms with Crippen LogP contribution in [0, 0.1) is 58.2 Å². The molecule has 8 heteroatoms. The van der Waals surface area contributed by atoms with Crippen LogP contribution in [0.2, 0.25) is 6.82 Å². The largest absolute Gasteiger partial charge is 0.334 e. The summed E-state index contributed by atoms with van der Waals surface area (Å²) in [6.07, 6.45) is 5.25. The SMILES string of the molecule is C[B]N1C(=O)C2C3C[C@H](C2C1=O)[C@@]1(CC[C@]2(C[C@H]4C[C@@H]2C2C(=O)N(C(C)(C)CC)C(=O)C24)C1=O)C3. The number of imide groups is 2. The van der Waals surface area contributed by atoms with E-state index < -0.39 is 16.4 Å². The summed E-state index contributed by atoms with van der Waals surface area (Å²) in [6.45, 7) is 7.64. The van der Waals surface area contributed by atoms with Gasteiger partial charge in [0.05, 0.1) is 23.7 Å². The molecule has 5 aliphatic carbocycles. The molecule has 4 amide bonds. The highest BCUT2D eigenvalue weighted by Crippen LogP contribution is 2.75. The van der Waals surface area contributed by atoms with Gasteiger partial charge in [-0.3, -0.25) is 28.9 Å². The van der Waals surface area contributed by atoms with E-state index in [1.807, 2.05) is 20.8 Å². The molecular formula is C27H34BN2O5. The quantitative estimate of drug-likeness (QED) is 0.460. The molecule has 0 aromatic carbocycles. The number of nitrogens with zero attached hydrogens (tertiary/aromatic N) is 2. The van der Waals surface area contributed by atoms with Crippen molar-refractivity contribution in [1.29, 1.82) is 0 Å². The van der Waals surface area contributed by atoms with Crippen LogP contribution < -0.4 is 0 Å². The molecule has 4 bridgehead atoms. The summed E-state index contributed by atoms with van der Waals surface area (Å²) in [5.41, 5.74) is -1.57. The predicted molar refractivity (Wildman–Crippen MR) is 125 cm³/mol. The number of Topliss-reactive ketones (excluding diaryl/α,β-unsaturated/α-hetero) is 1. The van der Waals surface area contributed by atoms with Gasteiger partial charge in [0.25, 0.3) is 7.41 Å². The minimum atomic E-state index is -0.531. The second-order valence-corrected chi connectivity index (χ2v) is 13.3. The number of amides is 4. The van der Waals surface area contributed by atoms with Gasteiger partial charge in [-0.05, 0) is 82.5 Å². The van der Waals surface area contributed by atoms with E-state index >= 15 is 0 Å². The normalized spacial score (nSPS) is 49.5. The van der Waals surface area contributed by atoms with Crippen LogP contribution in [0.25, 0.3) is 0 Å². The maximum absolute atomic E-state index is 14.5. The summed E-state index contributed by atoms with van der Waals surface area (Å²) < 4.78 is 0. The number of rotatable bonds is 3. The van der Waals surface area contributed by atoms with Crippen LogP contribution in [0.1, 0.15) is 65.7 Å². The van der Waals surface area contributed by atoms with Gasteiger partial charge >= 0.3 is 0 Å². The fourth-order valence-corrected chi connectivity index (χ4v) is 10.6. The monoisotopic (exact) mass is 477 g/mol. The Morgan fingerprint density at radius 2 is 1.26 bits per heavy atom. The first-order valence-corrected chi connectivity index (χ1v) is 13.6. The Morgan fingerprint density at radius 3 is 1.77 bits per heavy atom. The standard InChI is InChI=1S/C27H34BN2O5/c1-5-25(2,3)29-20(31)16-12-8-14(18(16)21(29)32)26(10-12)6-7-27(24(26)35)11-13-9-15(27)19-17(13)22(33)30(28-4)23(19)34/h12-19H,5-11H2,1-4H3/t12-,13?,14-,15-,16?,17?,18?,19?,26-,27-/m1/s1. The van der Waals surface area contributed by atoms with Gasteiger partial charge in [0.2, 0.25) is 23.6 Å². The number of fused-ring (bicyclic) bond motifs is 12. The van der Waals surface area contributed by atoms with Crippen molar-refractivity contribution >= 4 is 36.8 Å². The average Bonchev–Trinajstić information content (AvgIpc) is 3.65. The summed E-state index contributed by atoms with van der Waals surface area (Å²) in [5.74, 6) is -1.18. The number of carbonyl (C=O) groups excluding carboxylic acids is 5. The lowest BCUT2D eigenvalue weighted by molar-refractivity contribution is -0.147. The van der Waals surface area contributed by atoms with E-state index in [0.717, 1.165) is 25.7 Å². The lowest BCUT2D eigenvalue weighted by Gasteiger charge is -2.42. The highest BCUT2D eigenvalue weighted by molar-refractivity contribution is 6.43. The zero-order valence-electron chi connectivity index (χ0n) is 21.1. The molecule has 2 saturated heterocycles.